The second-order valence-electron chi connectivity index (χ2n) is 3.92. The summed E-state index contributed by atoms with van der Waals surface area (Å²) in [6.45, 7) is 1.88. The van der Waals surface area contributed by atoms with Gasteiger partial charge >= 0.3 is 5.69 Å². The molecule has 1 rings (SSSR count). The first-order valence-electron chi connectivity index (χ1n) is 5.74. The third-order valence-corrected chi connectivity index (χ3v) is 2.41. The first kappa shape index (κ1) is 15.1. The van der Waals surface area contributed by atoms with E-state index < -0.39 is 11.2 Å². The average molecular weight is 271 g/mol. The zero-order chi connectivity index (χ0) is 14.3. The van der Waals surface area contributed by atoms with Gasteiger partial charge in [0.25, 0.3) is 5.56 Å². The highest BCUT2D eigenvalue weighted by Crippen LogP contribution is 1.99. The Bertz CT molecular complexity index is 522. The molecule has 0 spiro atoms. The van der Waals surface area contributed by atoms with Crippen LogP contribution in [0.1, 0.15) is 13.3 Å². The van der Waals surface area contributed by atoms with E-state index in [1.165, 1.54) is 30.9 Å². The predicted octanol–water partition coefficient (Wildman–Crippen LogP) is -0.991. The summed E-state index contributed by atoms with van der Waals surface area (Å²) in [5.74, 6) is -0.299. The van der Waals surface area contributed by atoms with Crippen molar-refractivity contribution < 1.29 is 14.4 Å². The number of aromatic nitrogens is 2. The predicted molar refractivity (Wildman–Crippen MR) is 66.5 cm³/mol. The minimum atomic E-state index is -0.467. The molecule has 1 unspecified atom stereocenters. The molecule has 0 saturated carbocycles. The van der Waals surface area contributed by atoms with Crippen molar-refractivity contribution in [3.05, 3.63) is 33.1 Å². The average Bonchev–Trinajstić information content (AvgIpc) is 2.35. The van der Waals surface area contributed by atoms with Crippen LogP contribution in [0.15, 0.2) is 21.9 Å². The summed E-state index contributed by atoms with van der Waals surface area (Å²) in [7, 11) is 1.51. The lowest BCUT2D eigenvalue weighted by Gasteiger charge is -2.15. The highest BCUT2D eigenvalue weighted by Gasteiger charge is 2.09. The van der Waals surface area contributed by atoms with Crippen molar-refractivity contribution in [3.8, 4) is 0 Å². The van der Waals surface area contributed by atoms with Crippen molar-refractivity contribution in [2.24, 2.45) is 0 Å². The number of nitrogens with zero attached hydrogens (tertiary/aromatic N) is 1. The lowest BCUT2D eigenvalue weighted by Crippen LogP contribution is -2.32. The molecular formula is C11H17N3O5. The molecule has 0 bridgehead atoms. The van der Waals surface area contributed by atoms with Gasteiger partial charge in [0.05, 0.1) is 6.10 Å². The molecule has 106 valence electrons. The van der Waals surface area contributed by atoms with E-state index in [-0.39, 0.29) is 18.6 Å². The largest absolute Gasteiger partial charge is 0.379 e. The molecule has 19 heavy (non-hydrogen) atoms. The minimum absolute atomic E-state index is 0.175. The van der Waals surface area contributed by atoms with Gasteiger partial charge in [-0.15, -0.1) is 0 Å². The Kier molecular flexibility index (Phi) is 5.97. The highest BCUT2D eigenvalue weighted by atomic mass is 16.7. The van der Waals surface area contributed by atoms with Gasteiger partial charge < -0.3 is 9.30 Å². The van der Waals surface area contributed by atoms with Gasteiger partial charge in [-0.2, -0.15) is 0 Å². The Morgan fingerprint density at radius 1 is 1.53 bits per heavy atom. The van der Waals surface area contributed by atoms with Crippen molar-refractivity contribution >= 4 is 5.91 Å². The third kappa shape index (κ3) is 5.49. The lowest BCUT2D eigenvalue weighted by molar-refractivity contribution is -0.134. The van der Waals surface area contributed by atoms with Crippen LogP contribution in [-0.2, 0) is 20.9 Å². The maximum atomic E-state index is 11.4. The number of methoxy groups -OCH3 is 1. The molecule has 1 aromatic heterocycles. The fourth-order valence-electron chi connectivity index (χ4n) is 1.41. The summed E-state index contributed by atoms with van der Waals surface area (Å²) < 4.78 is 6.52. The van der Waals surface area contributed by atoms with Crippen molar-refractivity contribution in [2.45, 2.75) is 26.0 Å². The molecule has 0 aliphatic carbocycles. The Morgan fingerprint density at radius 3 is 2.84 bits per heavy atom. The second-order valence-corrected chi connectivity index (χ2v) is 3.92. The number of aryl methyl sites for hydroxylation is 1. The number of hydroxylamine groups is 1. The normalized spacial score (nSPS) is 12.1. The van der Waals surface area contributed by atoms with Crippen LogP contribution >= 0.6 is 0 Å². The molecule has 0 fully saturated rings. The molecule has 0 saturated heterocycles. The molecule has 0 aliphatic rings. The summed E-state index contributed by atoms with van der Waals surface area (Å²) in [5.41, 5.74) is 1.29. The van der Waals surface area contributed by atoms with E-state index in [4.69, 9.17) is 9.57 Å². The molecule has 1 aromatic rings. The third-order valence-electron chi connectivity index (χ3n) is 2.41. The Morgan fingerprint density at radius 2 is 2.26 bits per heavy atom. The fourth-order valence-corrected chi connectivity index (χ4v) is 1.41. The van der Waals surface area contributed by atoms with Crippen molar-refractivity contribution in [1.82, 2.24) is 15.0 Å². The number of carbonyl (C=O) groups is 1. The summed E-state index contributed by atoms with van der Waals surface area (Å²) in [4.78, 5) is 40.0. The van der Waals surface area contributed by atoms with Crippen LogP contribution in [0.5, 0.6) is 0 Å². The highest BCUT2D eigenvalue weighted by molar-refractivity contribution is 5.71. The number of hydrogen-bond acceptors (Lipinski definition) is 5. The quantitative estimate of drug-likeness (QED) is 0.620. The standard InChI is InChI=1S/C11H17N3O5/c1-8(15)13-19-7-9(18-2)3-5-14-6-4-10(16)12-11(14)17/h4,6,9H,3,5,7H2,1-2H3,(H,13,15)(H,12,16,17). The number of H-pyrrole nitrogens is 1. The van der Waals surface area contributed by atoms with Crippen LogP contribution < -0.4 is 16.7 Å². The van der Waals surface area contributed by atoms with E-state index in [1.807, 2.05) is 0 Å². The van der Waals surface area contributed by atoms with Crippen molar-refractivity contribution in [3.63, 3.8) is 0 Å². The smallest absolute Gasteiger partial charge is 0.328 e. The molecule has 1 heterocycles. The van der Waals surface area contributed by atoms with Gasteiger partial charge in [-0.1, -0.05) is 0 Å². The van der Waals surface area contributed by atoms with Crippen molar-refractivity contribution in [2.75, 3.05) is 13.7 Å². The molecule has 8 nitrogen and oxygen atoms in total. The summed E-state index contributed by atoms with van der Waals surface area (Å²) >= 11 is 0. The maximum absolute atomic E-state index is 11.4. The van der Waals surface area contributed by atoms with Crippen LogP contribution in [-0.4, -0.2) is 35.3 Å². The lowest BCUT2D eigenvalue weighted by atomic mass is 10.2. The zero-order valence-electron chi connectivity index (χ0n) is 10.8. The van der Waals surface area contributed by atoms with Gasteiger partial charge in [-0.25, -0.2) is 10.3 Å². The molecule has 0 aliphatic heterocycles. The second kappa shape index (κ2) is 7.49. The van der Waals surface area contributed by atoms with E-state index in [1.54, 1.807) is 0 Å². The van der Waals surface area contributed by atoms with Crippen LogP contribution in [0.4, 0.5) is 0 Å². The van der Waals surface area contributed by atoms with Crippen molar-refractivity contribution in [1.29, 1.82) is 0 Å². The molecule has 1 atom stereocenters. The van der Waals surface area contributed by atoms with Gasteiger partial charge in [0.2, 0.25) is 5.91 Å². The number of ether oxygens (including phenoxy) is 1. The molecule has 0 aromatic carbocycles. The van der Waals surface area contributed by atoms with Gasteiger partial charge in [0.15, 0.2) is 0 Å². The number of hydrogen-bond donors (Lipinski definition) is 2. The van der Waals surface area contributed by atoms with Crippen LogP contribution in [0.25, 0.3) is 0 Å². The number of rotatable bonds is 7. The first-order chi connectivity index (χ1) is 9.02. The van der Waals surface area contributed by atoms with E-state index in [0.717, 1.165) is 0 Å². The first-order valence-corrected chi connectivity index (χ1v) is 5.74. The molecule has 2 N–H and O–H groups in total. The number of aromatic amines is 1. The number of nitrogens with one attached hydrogen (secondary N) is 2. The van der Waals surface area contributed by atoms with E-state index >= 15 is 0 Å². The van der Waals surface area contributed by atoms with Crippen LogP contribution in [0.2, 0.25) is 0 Å². The monoisotopic (exact) mass is 271 g/mol. The summed E-state index contributed by atoms with van der Waals surface area (Å²) in [6, 6.07) is 1.27. The van der Waals surface area contributed by atoms with Crippen LogP contribution in [0.3, 0.4) is 0 Å². The SMILES string of the molecule is COC(CCn1ccc(=O)[nH]c1=O)CONC(C)=O. The summed E-state index contributed by atoms with van der Waals surface area (Å²) in [6.07, 6.45) is 1.65. The van der Waals surface area contributed by atoms with Gasteiger partial charge in [-0.05, 0) is 6.42 Å². The Balaban J connectivity index is 2.46. The molecule has 8 heteroatoms. The molecule has 1 amide bonds. The van der Waals surface area contributed by atoms with Gasteiger partial charge in [0, 0.05) is 32.8 Å². The van der Waals surface area contributed by atoms with E-state index in [9.17, 15) is 14.4 Å². The van der Waals surface area contributed by atoms with E-state index in [0.29, 0.717) is 13.0 Å². The van der Waals surface area contributed by atoms with Gasteiger partial charge in [-0.3, -0.25) is 19.4 Å². The maximum Gasteiger partial charge on any atom is 0.328 e. The van der Waals surface area contributed by atoms with Gasteiger partial charge in [0.1, 0.15) is 6.61 Å². The number of amides is 1. The summed E-state index contributed by atoms with van der Waals surface area (Å²) in [5, 5.41) is 0. The molecular weight excluding hydrogens is 254 g/mol. The van der Waals surface area contributed by atoms with Crippen LogP contribution in [0, 0.1) is 0 Å². The Hall–Kier alpha value is -1.93. The fraction of sp³-hybridized carbons (Fsp3) is 0.545. The topological polar surface area (TPSA) is 102 Å². The zero-order valence-corrected chi connectivity index (χ0v) is 10.8. The molecule has 0 radical (unpaired) electrons. The van der Waals surface area contributed by atoms with E-state index in [2.05, 4.69) is 10.5 Å². The number of carbonyl (C=O) groups excluding carboxylic acids is 1. The minimum Gasteiger partial charge on any atom is -0.379 e. The Labute approximate surface area is 109 Å².